The first kappa shape index (κ1) is 18.4. The minimum Gasteiger partial charge on any atom is -0.484 e. The van der Waals surface area contributed by atoms with Crippen molar-refractivity contribution < 1.29 is 22.7 Å². The lowest BCUT2D eigenvalue weighted by Crippen LogP contribution is -2.29. The Bertz CT molecular complexity index is 1030. The number of carbonyl (C=O) groups excluding carboxylic acids is 1. The van der Waals surface area contributed by atoms with Crippen molar-refractivity contribution in [2.24, 2.45) is 0 Å². The van der Waals surface area contributed by atoms with Crippen LogP contribution in [0.3, 0.4) is 0 Å². The Kier molecular flexibility index (Phi) is 5.11. The highest BCUT2D eigenvalue weighted by molar-refractivity contribution is 5.91. The fraction of sp³-hybridized carbons (Fsp3) is 0.167. The SMILES string of the molecule is O=C(Cn1ncc2ccccc2c1=O)Nc1cccc(OCC(F)(F)F)c1. The Hall–Kier alpha value is -3.36. The zero-order valence-corrected chi connectivity index (χ0v) is 13.9. The number of nitrogens with zero attached hydrogens (tertiary/aromatic N) is 2. The molecule has 1 amide bonds. The van der Waals surface area contributed by atoms with Gasteiger partial charge in [-0.1, -0.05) is 24.3 Å². The lowest BCUT2D eigenvalue weighted by atomic mass is 10.2. The van der Waals surface area contributed by atoms with E-state index in [0.29, 0.717) is 10.8 Å². The minimum atomic E-state index is -4.46. The number of halogens is 3. The van der Waals surface area contributed by atoms with Crippen LogP contribution in [0.15, 0.2) is 59.5 Å². The number of rotatable bonds is 5. The van der Waals surface area contributed by atoms with Gasteiger partial charge in [0.05, 0.1) is 11.6 Å². The summed E-state index contributed by atoms with van der Waals surface area (Å²) < 4.78 is 42.3. The van der Waals surface area contributed by atoms with Crippen LogP contribution in [0.4, 0.5) is 18.9 Å². The van der Waals surface area contributed by atoms with Gasteiger partial charge in [-0.2, -0.15) is 18.3 Å². The van der Waals surface area contributed by atoms with Crippen LogP contribution in [0, 0.1) is 0 Å². The van der Waals surface area contributed by atoms with E-state index in [1.807, 2.05) is 0 Å². The number of anilines is 1. The Morgan fingerprint density at radius 1 is 1.15 bits per heavy atom. The van der Waals surface area contributed by atoms with E-state index in [0.717, 1.165) is 4.68 Å². The number of amides is 1. The maximum Gasteiger partial charge on any atom is 0.422 e. The molecule has 0 aliphatic rings. The van der Waals surface area contributed by atoms with Gasteiger partial charge in [0.2, 0.25) is 5.91 Å². The molecule has 0 aliphatic carbocycles. The summed E-state index contributed by atoms with van der Waals surface area (Å²) in [5, 5.41) is 7.55. The van der Waals surface area contributed by atoms with Gasteiger partial charge in [0, 0.05) is 17.1 Å². The summed E-state index contributed by atoms with van der Waals surface area (Å²) in [7, 11) is 0. The molecule has 0 unspecified atom stereocenters. The molecule has 0 aliphatic heterocycles. The topological polar surface area (TPSA) is 73.2 Å². The highest BCUT2D eigenvalue weighted by Crippen LogP contribution is 2.21. The maximum atomic E-state index is 12.3. The Morgan fingerprint density at radius 3 is 2.70 bits per heavy atom. The molecule has 9 heteroatoms. The molecule has 3 aromatic rings. The van der Waals surface area contributed by atoms with Crippen molar-refractivity contribution in [2.45, 2.75) is 12.7 Å². The number of hydrogen-bond acceptors (Lipinski definition) is 4. The fourth-order valence-electron chi connectivity index (χ4n) is 2.41. The molecule has 2 aromatic carbocycles. The van der Waals surface area contributed by atoms with E-state index in [1.54, 1.807) is 24.3 Å². The van der Waals surface area contributed by atoms with Gasteiger partial charge in [-0.3, -0.25) is 9.59 Å². The lowest BCUT2D eigenvalue weighted by molar-refractivity contribution is -0.153. The molecule has 6 nitrogen and oxygen atoms in total. The van der Waals surface area contributed by atoms with Crippen LogP contribution in [0.2, 0.25) is 0 Å². The van der Waals surface area contributed by atoms with Crippen molar-refractivity contribution in [1.29, 1.82) is 0 Å². The number of aromatic nitrogens is 2. The van der Waals surface area contributed by atoms with Crippen LogP contribution in [0.1, 0.15) is 0 Å². The van der Waals surface area contributed by atoms with Crippen molar-refractivity contribution in [3.05, 3.63) is 65.1 Å². The molecule has 3 rings (SSSR count). The smallest absolute Gasteiger partial charge is 0.422 e. The molecule has 140 valence electrons. The second-order valence-corrected chi connectivity index (χ2v) is 5.67. The number of hydrogen-bond donors (Lipinski definition) is 1. The van der Waals surface area contributed by atoms with Crippen LogP contribution in [-0.2, 0) is 11.3 Å². The summed E-state index contributed by atoms with van der Waals surface area (Å²) in [5.74, 6) is -0.584. The van der Waals surface area contributed by atoms with Crippen LogP contribution in [0.25, 0.3) is 10.8 Å². The zero-order chi connectivity index (χ0) is 19.4. The molecule has 27 heavy (non-hydrogen) atoms. The van der Waals surface area contributed by atoms with Crippen LogP contribution < -0.4 is 15.6 Å². The molecule has 0 atom stereocenters. The number of fused-ring (bicyclic) bond motifs is 1. The van der Waals surface area contributed by atoms with Crippen molar-refractivity contribution in [1.82, 2.24) is 9.78 Å². The van der Waals surface area contributed by atoms with E-state index in [-0.39, 0.29) is 18.0 Å². The minimum absolute atomic E-state index is 0.0360. The second kappa shape index (κ2) is 7.48. The molecule has 1 heterocycles. The van der Waals surface area contributed by atoms with E-state index >= 15 is 0 Å². The van der Waals surface area contributed by atoms with Crippen LogP contribution in [-0.4, -0.2) is 28.5 Å². The standard InChI is InChI=1S/C18H14F3N3O3/c19-18(20,21)11-27-14-6-3-5-13(8-14)23-16(25)10-24-17(26)15-7-2-1-4-12(15)9-22-24/h1-9H,10-11H2,(H,23,25). The van der Waals surface area contributed by atoms with Crippen molar-refractivity contribution in [2.75, 3.05) is 11.9 Å². The number of ether oxygens (including phenoxy) is 1. The molecular formula is C18H14F3N3O3. The van der Waals surface area contributed by atoms with Gasteiger partial charge in [-0.05, 0) is 18.2 Å². The summed E-state index contributed by atoms with van der Waals surface area (Å²) in [4.78, 5) is 24.5. The first-order valence-electron chi connectivity index (χ1n) is 7.86. The number of benzene rings is 2. The quantitative estimate of drug-likeness (QED) is 0.742. The van der Waals surface area contributed by atoms with Gasteiger partial charge in [0.25, 0.3) is 5.56 Å². The average Bonchev–Trinajstić information content (AvgIpc) is 2.62. The Balaban J connectivity index is 1.69. The first-order chi connectivity index (χ1) is 12.8. The summed E-state index contributed by atoms with van der Waals surface area (Å²) in [6.07, 6.45) is -2.97. The molecule has 0 saturated carbocycles. The van der Waals surface area contributed by atoms with Gasteiger partial charge in [0.15, 0.2) is 6.61 Å². The predicted molar refractivity (Wildman–Crippen MR) is 92.6 cm³/mol. The van der Waals surface area contributed by atoms with Crippen molar-refractivity contribution in [3.8, 4) is 5.75 Å². The average molecular weight is 377 g/mol. The van der Waals surface area contributed by atoms with E-state index < -0.39 is 24.2 Å². The highest BCUT2D eigenvalue weighted by atomic mass is 19.4. The lowest BCUT2D eigenvalue weighted by Gasteiger charge is -2.11. The summed E-state index contributed by atoms with van der Waals surface area (Å²) in [5.41, 5.74) is -0.168. The van der Waals surface area contributed by atoms with E-state index in [1.165, 1.54) is 30.5 Å². The number of nitrogens with one attached hydrogen (secondary N) is 1. The van der Waals surface area contributed by atoms with Gasteiger partial charge >= 0.3 is 6.18 Å². The predicted octanol–water partition coefficient (Wildman–Crippen LogP) is 2.98. The van der Waals surface area contributed by atoms with E-state index in [2.05, 4.69) is 15.2 Å². The summed E-state index contributed by atoms with van der Waals surface area (Å²) in [6, 6.07) is 12.4. The fourth-order valence-corrected chi connectivity index (χ4v) is 2.41. The number of carbonyl (C=O) groups is 1. The molecule has 0 radical (unpaired) electrons. The maximum absolute atomic E-state index is 12.3. The normalized spacial score (nSPS) is 11.4. The van der Waals surface area contributed by atoms with Crippen LogP contribution in [0.5, 0.6) is 5.75 Å². The molecule has 1 N–H and O–H groups in total. The van der Waals surface area contributed by atoms with Gasteiger partial charge in [-0.25, -0.2) is 4.68 Å². The first-order valence-corrected chi connectivity index (χ1v) is 7.86. The third-order valence-electron chi connectivity index (χ3n) is 3.58. The van der Waals surface area contributed by atoms with Crippen molar-refractivity contribution >= 4 is 22.4 Å². The number of alkyl halides is 3. The summed E-state index contributed by atoms with van der Waals surface area (Å²) in [6.45, 7) is -1.77. The molecule has 0 spiro atoms. The molecule has 0 fully saturated rings. The van der Waals surface area contributed by atoms with Gasteiger partial charge < -0.3 is 10.1 Å². The molecular weight excluding hydrogens is 363 g/mol. The van der Waals surface area contributed by atoms with Gasteiger partial charge in [0.1, 0.15) is 12.3 Å². The Morgan fingerprint density at radius 2 is 1.93 bits per heavy atom. The van der Waals surface area contributed by atoms with E-state index in [4.69, 9.17) is 0 Å². The second-order valence-electron chi connectivity index (χ2n) is 5.67. The third kappa shape index (κ3) is 4.84. The molecule has 0 saturated heterocycles. The Labute approximate surface area is 151 Å². The monoisotopic (exact) mass is 377 g/mol. The van der Waals surface area contributed by atoms with Gasteiger partial charge in [-0.15, -0.1) is 0 Å². The van der Waals surface area contributed by atoms with E-state index in [9.17, 15) is 22.8 Å². The van der Waals surface area contributed by atoms with Crippen LogP contribution >= 0.6 is 0 Å². The summed E-state index contributed by atoms with van der Waals surface area (Å²) >= 11 is 0. The molecule has 1 aromatic heterocycles. The van der Waals surface area contributed by atoms with Crippen molar-refractivity contribution in [3.63, 3.8) is 0 Å². The largest absolute Gasteiger partial charge is 0.484 e. The highest BCUT2D eigenvalue weighted by Gasteiger charge is 2.28. The zero-order valence-electron chi connectivity index (χ0n) is 13.9. The third-order valence-corrected chi connectivity index (χ3v) is 3.58. The molecule has 0 bridgehead atoms.